The lowest BCUT2D eigenvalue weighted by Gasteiger charge is -2.28. The van der Waals surface area contributed by atoms with Crippen molar-refractivity contribution in [3.05, 3.63) is 96.1 Å². The van der Waals surface area contributed by atoms with E-state index in [1.165, 1.54) is 4.90 Å². The first-order valence-corrected chi connectivity index (χ1v) is 10.2. The van der Waals surface area contributed by atoms with E-state index in [-0.39, 0.29) is 11.9 Å². The molecule has 2 N–H and O–H groups in total. The number of quaternary nitrogens is 1. The summed E-state index contributed by atoms with van der Waals surface area (Å²) in [5.41, 5.74) is 4.08. The fourth-order valence-electron chi connectivity index (χ4n) is 3.78. The van der Waals surface area contributed by atoms with Gasteiger partial charge in [-0.05, 0) is 28.8 Å². The van der Waals surface area contributed by atoms with Gasteiger partial charge in [-0.25, -0.2) is 0 Å². The molecule has 4 nitrogen and oxygen atoms in total. The standard InChI is InChI=1S/C25H26N2O2/c28-25(23-13-11-21(12-14-23)20-7-3-1-4-8-20)26-24(22-9-5-2-6-10-22)19-27-15-17-29-18-16-27/h1-14,24H,15-19H2,(H,26,28)/p+1/t24-/m0/s1. The summed E-state index contributed by atoms with van der Waals surface area (Å²) in [6.07, 6.45) is 0. The van der Waals surface area contributed by atoms with Gasteiger partial charge in [0, 0.05) is 5.56 Å². The Kier molecular flexibility index (Phi) is 6.35. The quantitative estimate of drug-likeness (QED) is 0.683. The van der Waals surface area contributed by atoms with Crippen LogP contribution in [-0.4, -0.2) is 38.8 Å². The first-order chi connectivity index (χ1) is 14.3. The molecule has 0 aromatic heterocycles. The zero-order valence-electron chi connectivity index (χ0n) is 16.5. The number of carbonyl (C=O) groups is 1. The SMILES string of the molecule is O=C(N[C@@H](C[NH+]1CCOCC1)c1ccccc1)c1ccc(-c2ccccc2)cc1. The summed E-state index contributed by atoms with van der Waals surface area (Å²) in [4.78, 5) is 14.4. The average molecular weight is 388 g/mol. The summed E-state index contributed by atoms with van der Waals surface area (Å²) in [6.45, 7) is 4.38. The topological polar surface area (TPSA) is 42.8 Å². The largest absolute Gasteiger partial charge is 0.370 e. The molecule has 0 saturated carbocycles. The van der Waals surface area contributed by atoms with E-state index >= 15 is 0 Å². The third kappa shape index (κ3) is 5.11. The molecule has 1 heterocycles. The molecule has 1 atom stereocenters. The molecule has 4 heteroatoms. The molecule has 0 aliphatic carbocycles. The third-order valence-electron chi connectivity index (χ3n) is 5.45. The van der Waals surface area contributed by atoms with Crippen molar-refractivity contribution >= 4 is 5.91 Å². The minimum atomic E-state index is -0.0360. The van der Waals surface area contributed by atoms with E-state index in [1.807, 2.05) is 60.7 Å². The molecule has 3 aromatic carbocycles. The molecular weight excluding hydrogens is 360 g/mol. The van der Waals surface area contributed by atoms with Crippen LogP contribution in [0.15, 0.2) is 84.9 Å². The highest BCUT2D eigenvalue weighted by atomic mass is 16.5. The van der Waals surface area contributed by atoms with Crippen LogP contribution in [0.4, 0.5) is 0 Å². The van der Waals surface area contributed by atoms with Gasteiger partial charge >= 0.3 is 0 Å². The Bertz CT molecular complexity index is 905. The first-order valence-electron chi connectivity index (χ1n) is 10.2. The van der Waals surface area contributed by atoms with Crippen LogP contribution in [0.5, 0.6) is 0 Å². The highest BCUT2D eigenvalue weighted by Gasteiger charge is 2.23. The maximum absolute atomic E-state index is 13.0. The predicted octanol–water partition coefficient (Wildman–Crippen LogP) is 2.74. The minimum absolute atomic E-state index is 0.0226. The Balaban J connectivity index is 1.48. The smallest absolute Gasteiger partial charge is 0.251 e. The molecule has 29 heavy (non-hydrogen) atoms. The Labute approximate surface area is 172 Å². The maximum Gasteiger partial charge on any atom is 0.251 e. The average Bonchev–Trinajstić information content (AvgIpc) is 2.80. The van der Waals surface area contributed by atoms with Crippen LogP contribution in [-0.2, 0) is 4.74 Å². The van der Waals surface area contributed by atoms with E-state index in [1.54, 1.807) is 0 Å². The Morgan fingerprint density at radius 3 is 2.07 bits per heavy atom. The number of hydrogen-bond donors (Lipinski definition) is 2. The van der Waals surface area contributed by atoms with Crippen molar-refractivity contribution in [3.8, 4) is 11.1 Å². The van der Waals surface area contributed by atoms with E-state index in [0.29, 0.717) is 5.56 Å². The zero-order chi connectivity index (χ0) is 19.9. The molecule has 3 aromatic rings. The summed E-state index contributed by atoms with van der Waals surface area (Å²) in [5, 5.41) is 3.26. The van der Waals surface area contributed by atoms with Gasteiger partial charge in [-0.15, -0.1) is 0 Å². The van der Waals surface area contributed by atoms with Crippen molar-refractivity contribution in [2.45, 2.75) is 6.04 Å². The van der Waals surface area contributed by atoms with Crippen LogP contribution in [0.25, 0.3) is 11.1 Å². The van der Waals surface area contributed by atoms with Crippen molar-refractivity contribution in [2.75, 3.05) is 32.8 Å². The van der Waals surface area contributed by atoms with E-state index in [0.717, 1.165) is 49.5 Å². The minimum Gasteiger partial charge on any atom is -0.370 e. The Hall–Kier alpha value is -2.95. The Morgan fingerprint density at radius 1 is 0.828 bits per heavy atom. The molecule has 0 bridgehead atoms. The van der Waals surface area contributed by atoms with Crippen LogP contribution in [0.2, 0.25) is 0 Å². The monoisotopic (exact) mass is 387 g/mol. The van der Waals surface area contributed by atoms with Gasteiger partial charge in [0.15, 0.2) is 0 Å². The van der Waals surface area contributed by atoms with Gasteiger partial charge in [0.2, 0.25) is 0 Å². The molecule has 0 radical (unpaired) electrons. The van der Waals surface area contributed by atoms with Crippen molar-refractivity contribution in [1.82, 2.24) is 5.32 Å². The molecule has 1 aliphatic rings. The normalized spacial score (nSPS) is 15.6. The fourth-order valence-corrected chi connectivity index (χ4v) is 3.78. The molecule has 0 spiro atoms. The summed E-state index contributed by atoms with van der Waals surface area (Å²) < 4.78 is 5.48. The lowest BCUT2D eigenvalue weighted by molar-refractivity contribution is -0.909. The number of hydrogen-bond acceptors (Lipinski definition) is 2. The van der Waals surface area contributed by atoms with Gasteiger partial charge in [0.25, 0.3) is 5.91 Å². The van der Waals surface area contributed by atoms with Gasteiger partial charge in [0.05, 0.1) is 13.2 Å². The molecule has 4 rings (SSSR count). The lowest BCUT2D eigenvalue weighted by Crippen LogP contribution is -3.14. The molecule has 148 valence electrons. The first kappa shape index (κ1) is 19.4. The van der Waals surface area contributed by atoms with Crippen LogP contribution in [0.1, 0.15) is 22.0 Å². The molecule has 1 fully saturated rings. The number of rotatable bonds is 6. The number of carbonyl (C=O) groups excluding carboxylic acids is 1. The summed E-state index contributed by atoms with van der Waals surface area (Å²) in [7, 11) is 0. The van der Waals surface area contributed by atoms with Gasteiger partial charge in [-0.2, -0.15) is 0 Å². The zero-order valence-corrected chi connectivity index (χ0v) is 16.5. The van der Waals surface area contributed by atoms with Gasteiger partial charge in [0.1, 0.15) is 25.7 Å². The second-order valence-electron chi connectivity index (χ2n) is 7.45. The van der Waals surface area contributed by atoms with Crippen LogP contribution >= 0.6 is 0 Å². The number of ether oxygens (including phenoxy) is 1. The summed E-state index contributed by atoms with van der Waals surface area (Å²) in [5.74, 6) is -0.0360. The highest BCUT2D eigenvalue weighted by Crippen LogP contribution is 2.20. The molecular formula is C25H27N2O2+. The van der Waals surface area contributed by atoms with Crippen molar-refractivity contribution in [1.29, 1.82) is 0 Å². The second-order valence-corrected chi connectivity index (χ2v) is 7.45. The van der Waals surface area contributed by atoms with E-state index in [4.69, 9.17) is 4.74 Å². The predicted molar refractivity (Wildman–Crippen MR) is 115 cm³/mol. The van der Waals surface area contributed by atoms with Gasteiger partial charge in [-0.1, -0.05) is 72.8 Å². The molecule has 1 aliphatic heterocycles. The third-order valence-corrected chi connectivity index (χ3v) is 5.45. The number of amides is 1. The van der Waals surface area contributed by atoms with Crippen LogP contribution in [0, 0.1) is 0 Å². The second kappa shape index (κ2) is 9.50. The lowest BCUT2D eigenvalue weighted by atomic mass is 10.0. The number of benzene rings is 3. The van der Waals surface area contributed by atoms with Crippen molar-refractivity contribution in [2.24, 2.45) is 0 Å². The summed E-state index contributed by atoms with van der Waals surface area (Å²) in [6, 6.07) is 28.2. The van der Waals surface area contributed by atoms with Crippen LogP contribution in [0.3, 0.4) is 0 Å². The van der Waals surface area contributed by atoms with Crippen molar-refractivity contribution < 1.29 is 14.4 Å². The van der Waals surface area contributed by atoms with E-state index in [9.17, 15) is 4.79 Å². The maximum atomic E-state index is 13.0. The van der Waals surface area contributed by atoms with Crippen molar-refractivity contribution in [3.63, 3.8) is 0 Å². The van der Waals surface area contributed by atoms with Gasteiger partial charge < -0.3 is 15.0 Å². The highest BCUT2D eigenvalue weighted by molar-refractivity contribution is 5.95. The van der Waals surface area contributed by atoms with Gasteiger partial charge in [-0.3, -0.25) is 4.79 Å². The molecule has 0 unspecified atom stereocenters. The van der Waals surface area contributed by atoms with Crippen LogP contribution < -0.4 is 10.2 Å². The Morgan fingerprint density at radius 2 is 1.41 bits per heavy atom. The van der Waals surface area contributed by atoms with E-state index in [2.05, 4.69) is 29.6 Å². The molecule has 1 saturated heterocycles. The summed E-state index contributed by atoms with van der Waals surface area (Å²) >= 11 is 0. The molecule has 1 amide bonds. The number of morpholine rings is 1. The number of nitrogens with one attached hydrogen (secondary N) is 2. The van der Waals surface area contributed by atoms with E-state index < -0.39 is 0 Å². The fraction of sp³-hybridized carbons (Fsp3) is 0.240.